The Hall–Kier alpha value is -2.21. The van der Waals surface area contributed by atoms with E-state index in [1.807, 2.05) is 11.8 Å². The number of benzene rings is 1. The van der Waals surface area contributed by atoms with Crippen molar-refractivity contribution in [2.45, 2.75) is 25.8 Å². The Balaban J connectivity index is 1.83. The topological polar surface area (TPSA) is 75.0 Å². The Morgan fingerprint density at radius 3 is 2.87 bits per heavy atom. The fourth-order valence-electron chi connectivity index (χ4n) is 3.08. The standard InChI is InChI=1S/C17H21FN4O/c1-11(19)13-3-2-8-22(10-13)17(23)15-9-20-21-16(15)12-4-6-14(18)7-5-12/h4-7,9,11,13H,2-3,8,10,19H2,1H3,(H,20,21). The van der Waals surface area contributed by atoms with Gasteiger partial charge in [-0.2, -0.15) is 5.10 Å². The van der Waals surface area contributed by atoms with E-state index in [-0.39, 0.29) is 17.8 Å². The lowest BCUT2D eigenvalue weighted by atomic mass is 9.91. The summed E-state index contributed by atoms with van der Waals surface area (Å²) in [6.07, 6.45) is 3.55. The van der Waals surface area contributed by atoms with Crippen LogP contribution in [-0.2, 0) is 0 Å². The number of rotatable bonds is 3. The van der Waals surface area contributed by atoms with Crippen molar-refractivity contribution in [3.63, 3.8) is 0 Å². The number of nitrogens with two attached hydrogens (primary N) is 1. The van der Waals surface area contributed by atoms with Crippen LogP contribution in [0.5, 0.6) is 0 Å². The molecule has 0 spiro atoms. The SMILES string of the molecule is CC(N)C1CCCN(C(=O)c2cn[nH]c2-c2ccc(F)cc2)C1. The molecule has 0 bridgehead atoms. The van der Waals surface area contributed by atoms with E-state index in [0.717, 1.165) is 24.9 Å². The van der Waals surface area contributed by atoms with E-state index in [0.29, 0.717) is 23.7 Å². The van der Waals surface area contributed by atoms with Crippen LogP contribution < -0.4 is 5.73 Å². The van der Waals surface area contributed by atoms with Crippen LogP contribution >= 0.6 is 0 Å². The van der Waals surface area contributed by atoms with Gasteiger partial charge < -0.3 is 10.6 Å². The van der Waals surface area contributed by atoms with Gasteiger partial charge in [0.15, 0.2) is 0 Å². The Kier molecular flexibility index (Phi) is 4.43. The molecule has 6 heteroatoms. The highest BCUT2D eigenvalue weighted by Gasteiger charge is 2.28. The molecule has 1 aromatic heterocycles. The summed E-state index contributed by atoms with van der Waals surface area (Å²) >= 11 is 0. The average Bonchev–Trinajstić information content (AvgIpc) is 3.04. The highest BCUT2D eigenvalue weighted by Crippen LogP contribution is 2.25. The highest BCUT2D eigenvalue weighted by molar-refractivity contribution is 5.99. The number of H-pyrrole nitrogens is 1. The Morgan fingerprint density at radius 2 is 2.17 bits per heavy atom. The summed E-state index contributed by atoms with van der Waals surface area (Å²) in [5.41, 5.74) is 7.87. The second kappa shape index (κ2) is 6.50. The third-order valence-corrected chi connectivity index (χ3v) is 4.49. The first kappa shape index (κ1) is 15.7. The molecule has 122 valence electrons. The number of hydrogen-bond acceptors (Lipinski definition) is 3. The quantitative estimate of drug-likeness (QED) is 0.913. The molecular weight excluding hydrogens is 295 g/mol. The van der Waals surface area contributed by atoms with E-state index in [1.165, 1.54) is 18.3 Å². The monoisotopic (exact) mass is 316 g/mol. The van der Waals surface area contributed by atoms with Gasteiger partial charge in [0, 0.05) is 24.7 Å². The van der Waals surface area contributed by atoms with Crippen molar-refractivity contribution < 1.29 is 9.18 Å². The van der Waals surface area contributed by atoms with Crippen molar-refractivity contribution >= 4 is 5.91 Å². The van der Waals surface area contributed by atoms with Crippen LogP contribution in [-0.4, -0.2) is 40.1 Å². The molecule has 2 aromatic rings. The number of aromatic amines is 1. The average molecular weight is 316 g/mol. The largest absolute Gasteiger partial charge is 0.338 e. The maximum atomic E-state index is 13.1. The summed E-state index contributed by atoms with van der Waals surface area (Å²) < 4.78 is 13.1. The van der Waals surface area contributed by atoms with Crippen LogP contribution in [0.1, 0.15) is 30.1 Å². The van der Waals surface area contributed by atoms with Crippen LogP contribution in [0.3, 0.4) is 0 Å². The molecule has 23 heavy (non-hydrogen) atoms. The van der Waals surface area contributed by atoms with Gasteiger partial charge in [0.1, 0.15) is 5.82 Å². The molecule has 1 aliphatic rings. The summed E-state index contributed by atoms with van der Waals surface area (Å²) in [7, 11) is 0. The predicted molar refractivity (Wildman–Crippen MR) is 86.3 cm³/mol. The number of carbonyl (C=O) groups is 1. The molecule has 3 rings (SSSR count). The Labute approximate surface area is 134 Å². The van der Waals surface area contributed by atoms with E-state index in [1.54, 1.807) is 12.1 Å². The minimum Gasteiger partial charge on any atom is -0.338 e. The maximum Gasteiger partial charge on any atom is 0.257 e. The first-order valence-electron chi connectivity index (χ1n) is 7.90. The molecule has 5 nitrogen and oxygen atoms in total. The lowest BCUT2D eigenvalue weighted by Gasteiger charge is -2.34. The van der Waals surface area contributed by atoms with Crippen molar-refractivity contribution in [3.05, 3.63) is 41.8 Å². The van der Waals surface area contributed by atoms with Gasteiger partial charge in [-0.15, -0.1) is 0 Å². The van der Waals surface area contributed by atoms with Gasteiger partial charge in [0.05, 0.1) is 17.5 Å². The molecule has 0 saturated carbocycles. The van der Waals surface area contributed by atoms with Gasteiger partial charge in [0.2, 0.25) is 0 Å². The van der Waals surface area contributed by atoms with E-state index in [9.17, 15) is 9.18 Å². The summed E-state index contributed by atoms with van der Waals surface area (Å²) in [4.78, 5) is 14.7. The van der Waals surface area contributed by atoms with E-state index in [2.05, 4.69) is 10.2 Å². The smallest absolute Gasteiger partial charge is 0.257 e. The number of aromatic nitrogens is 2. The molecule has 3 N–H and O–H groups in total. The molecule has 1 saturated heterocycles. The van der Waals surface area contributed by atoms with Crippen molar-refractivity contribution in [2.75, 3.05) is 13.1 Å². The van der Waals surface area contributed by atoms with Gasteiger partial charge in [-0.25, -0.2) is 4.39 Å². The molecule has 0 radical (unpaired) electrons. The molecule has 2 atom stereocenters. The van der Waals surface area contributed by atoms with Gasteiger partial charge in [-0.3, -0.25) is 9.89 Å². The van der Waals surface area contributed by atoms with Crippen molar-refractivity contribution in [1.82, 2.24) is 15.1 Å². The van der Waals surface area contributed by atoms with Gasteiger partial charge >= 0.3 is 0 Å². The lowest BCUT2D eigenvalue weighted by Crippen LogP contribution is -2.45. The summed E-state index contributed by atoms with van der Waals surface area (Å²) in [5, 5.41) is 6.85. The Bertz CT molecular complexity index is 680. The Morgan fingerprint density at radius 1 is 1.43 bits per heavy atom. The lowest BCUT2D eigenvalue weighted by molar-refractivity contribution is 0.0662. The van der Waals surface area contributed by atoms with Crippen molar-refractivity contribution in [2.24, 2.45) is 11.7 Å². The molecule has 1 aromatic carbocycles. The summed E-state index contributed by atoms with van der Waals surface area (Å²) in [6.45, 7) is 3.39. The minimum atomic E-state index is -0.308. The van der Waals surface area contributed by atoms with Crippen LogP contribution in [0, 0.1) is 11.7 Å². The summed E-state index contributed by atoms with van der Waals surface area (Å²) in [5.74, 6) is -0.0331. The van der Waals surface area contributed by atoms with Crippen molar-refractivity contribution in [1.29, 1.82) is 0 Å². The third-order valence-electron chi connectivity index (χ3n) is 4.49. The van der Waals surface area contributed by atoms with Crippen LogP contribution in [0.15, 0.2) is 30.5 Å². The van der Waals surface area contributed by atoms with Gasteiger partial charge in [-0.05, 0) is 49.9 Å². The first-order chi connectivity index (χ1) is 11.1. The number of halogens is 1. The minimum absolute atomic E-state index is 0.0524. The zero-order valence-electron chi connectivity index (χ0n) is 13.1. The normalized spacial score (nSPS) is 19.6. The zero-order valence-corrected chi connectivity index (χ0v) is 13.1. The molecule has 1 fully saturated rings. The van der Waals surface area contributed by atoms with E-state index >= 15 is 0 Å². The number of amides is 1. The fraction of sp³-hybridized carbons (Fsp3) is 0.412. The van der Waals surface area contributed by atoms with E-state index in [4.69, 9.17) is 5.73 Å². The van der Waals surface area contributed by atoms with Crippen LogP contribution in [0.4, 0.5) is 4.39 Å². The summed E-state index contributed by atoms with van der Waals surface area (Å²) in [6, 6.07) is 6.10. The number of likely N-dealkylation sites (tertiary alicyclic amines) is 1. The van der Waals surface area contributed by atoms with Gasteiger partial charge in [0.25, 0.3) is 5.91 Å². The molecule has 2 heterocycles. The number of nitrogens with zero attached hydrogens (tertiary/aromatic N) is 2. The van der Waals surface area contributed by atoms with E-state index < -0.39 is 0 Å². The second-order valence-electron chi connectivity index (χ2n) is 6.18. The number of nitrogens with one attached hydrogen (secondary N) is 1. The molecular formula is C17H21FN4O. The fourth-order valence-corrected chi connectivity index (χ4v) is 3.08. The maximum absolute atomic E-state index is 13.1. The second-order valence-corrected chi connectivity index (χ2v) is 6.18. The number of hydrogen-bond donors (Lipinski definition) is 2. The third kappa shape index (κ3) is 3.27. The van der Waals surface area contributed by atoms with Gasteiger partial charge in [-0.1, -0.05) is 0 Å². The van der Waals surface area contributed by atoms with Crippen molar-refractivity contribution in [3.8, 4) is 11.3 Å². The zero-order chi connectivity index (χ0) is 16.4. The molecule has 1 amide bonds. The first-order valence-corrected chi connectivity index (χ1v) is 7.90. The van der Waals surface area contributed by atoms with Crippen LogP contribution in [0.25, 0.3) is 11.3 Å². The molecule has 1 aliphatic heterocycles. The number of carbonyl (C=O) groups excluding carboxylic acids is 1. The number of piperidine rings is 1. The van der Waals surface area contributed by atoms with Crippen LogP contribution in [0.2, 0.25) is 0 Å². The highest BCUT2D eigenvalue weighted by atomic mass is 19.1. The molecule has 0 aliphatic carbocycles. The predicted octanol–water partition coefficient (Wildman–Crippen LogP) is 2.42. The molecule has 2 unspecified atom stereocenters.